The third-order valence-corrected chi connectivity index (χ3v) is 3.62. The van der Waals surface area contributed by atoms with Gasteiger partial charge in [0.1, 0.15) is 0 Å². The largest absolute Gasteiger partial charge is 0.342 e. The molecule has 0 fully saturated rings. The molecule has 0 heterocycles. The van der Waals surface area contributed by atoms with Gasteiger partial charge < -0.3 is 10.2 Å². The number of anilines is 1. The SMILES string of the molecule is CCN(CC)C(=O)C(C)NCC(=O)Nc1cccc(Br)c1. The molecular formula is C15H22BrN3O2. The summed E-state index contributed by atoms with van der Waals surface area (Å²) in [5, 5.41) is 5.73. The maximum atomic E-state index is 12.0. The molecule has 0 radical (unpaired) electrons. The van der Waals surface area contributed by atoms with Crippen molar-refractivity contribution in [2.45, 2.75) is 26.8 Å². The van der Waals surface area contributed by atoms with Gasteiger partial charge in [0, 0.05) is 23.2 Å². The number of halogens is 1. The van der Waals surface area contributed by atoms with E-state index >= 15 is 0 Å². The normalized spacial score (nSPS) is 11.8. The van der Waals surface area contributed by atoms with Gasteiger partial charge in [0.2, 0.25) is 11.8 Å². The summed E-state index contributed by atoms with van der Waals surface area (Å²) in [5.74, 6) is -0.164. The van der Waals surface area contributed by atoms with E-state index in [0.29, 0.717) is 13.1 Å². The van der Waals surface area contributed by atoms with Gasteiger partial charge in [0.05, 0.1) is 12.6 Å². The first-order valence-corrected chi connectivity index (χ1v) is 7.84. The topological polar surface area (TPSA) is 61.4 Å². The first kappa shape index (κ1) is 17.7. The minimum Gasteiger partial charge on any atom is -0.342 e. The first-order valence-electron chi connectivity index (χ1n) is 7.05. The number of hydrogen-bond donors (Lipinski definition) is 2. The van der Waals surface area contributed by atoms with E-state index in [2.05, 4.69) is 26.6 Å². The number of nitrogens with zero attached hydrogens (tertiary/aromatic N) is 1. The Hall–Kier alpha value is -1.40. The molecule has 0 aliphatic heterocycles. The van der Waals surface area contributed by atoms with Gasteiger partial charge in [-0.3, -0.25) is 14.9 Å². The van der Waals surface area contributed by atoms with Gasteiger partial charge in [-0.15, -0.1) is 0 Å². The Balaban J connectivity index is 2.44. The van der Waals surface area contributed by atoms with Crippen LogP contribution >= 0.6 is 15.9 Å². The van der Waals surface area contributed by atoms with E-state index in [0.717, 1.165) is 10.2 Å². The summed E-state index contributed by atoms with van der Waals surface area (Å²) in [6, 6.07) is 6.99. The highest BCUT2D eigenvalue weighted by atomic mass is 79.9. The second kappa shape index (κ2) is 8.79. The van der Waals surface area contributed by atoms with E-state index in [9.17, 15) is 9.59 Å². The zero-order valence-electron chi connectivity index (χ0n) is 12.6. The smallest absolute Gasteiger partial charge is 0.239 e. The van der Waals surface area contributed by atoms with Crippen LogP contribution in [0.15, 0.2) is 28.7 Å². The number of carbonyl (C=O) groups excluding carboxylic acids is 2. The average Bonchev–Trinajstić information content (AvgIpc) is 2.46. The van der Waals surface area contributed by atoms with Gasteiger partial charge in [0.15, 0.2) is 0 Å². The highest BCUT2D eigenvalue weighted by molar-refractivity contribution is 9.10. The van der Waals surface area contributed by atoms with E-state index in [1.807, 2.05) is 38.1 Å². The fourth-order valence-electron chi connectivity index (χ4n) is 1.91. The van der Waals surface area contributed by atoms with E-state index in [1.54, 1.807) is 11.8 Å². The molecule has 21 heavy (non-hydrogen) atoms. The fourth-order valence-corrected chi connectivity index (χ4v) is 2.31. The fraction of sp³-hybridized carbons (Fsp3) is 0.467. The lowest BCUT2D eigenvalue weighted by molar-refractivity contribution is -0.132. The quantitative estimate of drug-likeness (QED) is 0.788. The van der Waals surface area contributed by atoms with Crippen molar-refractivity contribution in [1.29, 1.82) is 0 Å². The second-order valence-corrected chi connectivity index (χ2v) is 5.59. The van der Waals surface area contributed by atoms with Gasteiger partial charge in [-0.05, 0) is 39.0 Å². The van der Waals surface area contributed by atoms with Crippen LogP contribution < -0.4 is 10.6 Å². The van der Waals surface area contributed by atoms with Crippen LogP contribution in [0.2, 0.25) is 0 Å². The van der Waals surface area contributed by atoms with Crippen molar-refractivity contribution in [2.24, 2.45) is 0 Å². The number of amides is 2. The molecule has 5 nitrogen and oxygen atoms in total. The maximum absolute atomic E-state index is 12.0. The minimum absolute atomic E-state index is 0.00950. The predicted octanol–water partition coefficient (Wildman–Crippen LogP) is 2.23. The molecule has 6 heteroatoms. The Kier molecular flexibility index (Phi) is 7.39. The van der Waals surface area contributed by atoms with Crippen LogP contribution in [-0.2, 0) is 9.59 Å². The summed E-state index contributed by atoms with van der Waals surface area (Å²) in [6.45, 7) is 7.09. The molecule has 0 aliphatic rings. The molecule has 1 aromatic rings. The van der Waals surface area contributed by atoms with Crippen molar-refractivity contribution in [3.05, 3.63) is 28.7 Å². The monoisotopic (exact) mass is 355 g/mol. The summed E-state index contributed by atoms with van der Waals surface area (Å²) in [7, 11) is 0. The number of rotatable bonds is 7. The second-order valence-electron chi connectivity index (χ2n) is 4.67. The highest BCUT2D eigenvalue weighted by Crippen LogP contribution is 2.15. The molecular weight excluding hydrogens is 334 g/mol. The lowest BCUT2D eigenvalue weighted by Gasteiger charge is -2.23. The zero-order chi connectivity index (χ0) is 15.8. The molecule has 2 N–H and O–H groups in total. The summed E-state index contributed by atoms with van der Waals surface area (Å²) in [5.41, 5.74) is 0.721. The number of hydrogen-bond acceptors (Lipinski definition) is 3. The lowest BCUT2D eigenvalue weighted by atomic mass is 10.2. The highest BCUT2D eigenvalue weighted by Gasteiger charge is 2.18. The summed E-state index contributed by atoms with van der Waals surface area (Å²) in [6.07, 6.45) is 0. The standard InChI is InChI=1S/C15H22BrN3O2/c1-4-19(5-2)15(21)11(3)17-10-14(20)18-13-8-6-7-12(16)9-13/h6-9,11,17H,4-5,10H2,1-3H3,(H,18,20). The van der Waals surface area contributed by atoms with Crippen LogP contribution in [0.1, 0.15) is 20.8 Å². The number of carbonyl (C=O) groups is 2. The molecule has 1 aromatic carbocycles. The van der Waals surface area contributed by atoms with Crippen LogP contribution in [0.25, 0.3) is 0 Å². The van der Waals surface area contributed by atoms with Gasteiger partial charge in [-0.2, -0.15) is 0 Å². The van der Waals surface area contributed by atoms with Gasteiger partial charge in [-0.25, -0.2) is 0 Å². The van der Waals surface area contributed by atoms with E-state index < -0.39 is 0 Å². The Morgan fingerprint density at radius 2 is 1.95 bits per heavy atom. The third-order valence-electron chi connectivity index (χ3n) is 3.12. The minimum atomic E-state index is -0.377. The molecule has 1 unspecified atom stereocenters. The molecule has 0 saturated carbocycles. The van der Waals surface area contributed by atoms with E-state index in [1.165, 1.54) is 0 Å². The van der Waals surface area contributed by atoms with Gasteiger partial charge in [-0.1, -0.05) is 22.0 Å². The molecule has 0 aliphatic carbocycles. The van der Waals surface area contributed by atoms with Gasteiger partial charge in [0.25, 0.3) is 0 Å². The van der Waals surface area contributed by atoms with E-state index in [4.69, 9.17) is 0 Å². The molecule has 0 saturated heterocycles. The predicted molar refractivity (Wildman–Crippen MR) is 88.2 cm³/mol. The van der Waals surface area contributed by atoms with Crippen LogP contribution in [-0.4, -0.2) is 42.4 Å². The van der Waals surface area contributed by atoms with Crippen molar-refractivity contribution in [1.82, 2.24) is 10.2 Å². The lowest BCUT2D eigenvalue weighted by Crippen LogP contribution is -2.46. The Morgan fingerprint density at radius 3 is 2.52 bits per heavy atom. The Bertz CT molecular complexity index is 490. The molecule has 1 rings (SSSR count). The molecule has 116 valence electrons. The Labute approximate surface area is 134 Å². The number of benzene rings is 1. The average molecular weight is 356 g/mol. The van der Waals surface area contributed by atoms with Crippen molar-refractivity contribution in [2.75, 3.05) is 25.0 Å². The van der Waals surface area contributed by atoms with E-state index in [-0.39, 0.29) is 24.4 Å². The van der Waals surface area contributed by atoms with Crippen molar-refractivity contribution in [3.8, 4) is 0 Å². The molecule has 0 spiro atoms. The van der Waals surface area contributed by atoms with Gasteiger partial charge >= 0.3 is 0 Å². The van der Waals surface area contributed by atoms with Crippen LogP contribution in [0.5, 0.6) is 0 Å². The zero-order valence-corrected chi connectivity index (χ0v) is 14.2. The van der Waals surface area contributed by atoms with Crippen molar-refractivity contribution >= 4 is 33.4 Å². The molecule has 0 aromatic heterocycles. The number of nitrogens with one attached hydrogen (secondary N) is 2. The third kappa shape index (κ3) is 5.85. The molecule has 1 atom stereocenters. The summed E-state index contributed by atoms with van der Waals surface area (Å²) in [4.78, 5) is 25.6. The summed E-state index contributed by atoms with van der Waals surface area (Å²) >= 11 is 3.35. The van der Waals surface area contributed by atoms with Crippen LogP contribution in [0.4, 0.5) is 5.69 Å². The van der Waals surface area contributed by atoms with Crippen LogP contribution in [0.3, 0.4) is 0 Å². The molecule has 2 amide bonds. The van der Waals surface area contributed by atoms with Crippen molar-refractivity contribution < 1.29 is 9.59 Å². The number of likely N-dealkylation sites (N-methyl/N-ethyl adjacent to an activating group) is 1. The van der Waals surface area contributed by atoms with Crippen molar-refractivity contribution in [3.63, 3.8) is 0 Å². The first-order chi connectivity index (χ1) is 9.97. The van der Waals surface area contributed by atoms with Crippen LogP contribution in [0, 0.1) is 0 Å². The summed E-state index contributed by atoms with van der Waals surface area (Å²) < 4.78 is 0.901. The molecule has 0 bridgehead atoms. The maximum Gasteiger partial charge on any atom is 0.239 e. The Morgan fingerprint density at radius 1 is 1.29 bits per heavy atom.